The highest BCUT2D eigenvalue weighted by Gasteiger charge is 1.89. The molecule has 0 heterocycles. The van der Waals surface area contributed by atoms with Gasteiger partial charge in [-0.15, -0.1) is 0 Å². The number of benzene rings is 1. The zero-order valence-corrected chi connectivity index (χ0v) is 8.21. The van der Waals surface area contributed by atoms with E-state index in [9.17, 15) is 4.79 Å². The van der Waals surface area contributed by atoms with Crippen LogP contribution in [0.15, 0.2) is 24.3 Å². The first-order chi connectivity index (χ1) is 6.68. The number of carbonyl (C=O) groups excluding carboxylic acids is 1. The molecule has 2 nitrogen and oxygen atoms in total. The molecule has 0 spiro atoms. The van der Waals surface area contributed by atoms with Crippen molar-refractivity contribution in [3.05, 3.63) is 35.4 Å². The fourth-order valence-corrected chi connectivity index (χ4v) is 0.987. The van der Waals surface area contributed by atoms with Gasteiger partial charge in [0.2, 0.25) is 5.91 Å². The Morgan fingerprint density at radius 1 is 1.36 bits per heavy atom. The summed E-state index contributed by atoms with van der Waals surface area (Å²) in [7, 11) is 0. The lowest BCUT2D eigenvalue weighted by Gasteiger charge is -1.91. The lowest BCUT2D eigenvalue weighted by Crippen LogP contribution is -2.08. The molecule has 2 heteroatoms. The third-order valence-corrected chi connectivity index (χ3v) is 1.78. The molecule has 0 bridgehead atoms. The smallest absolute Gasteiger partial charge is 0.218 e. The zero-order chi connectivity index (χ0) is 10.4. The Labute approximate surface area is 84.1 Å². The normalized spacial score (nSPS) is 8.93. The van der Waals surface area contributed by atoms with Crippen LogP contribution >= 0.6 is 0 Å². The summed E-state index contributed by atoms with van der Waals surface area (Å²) in [5, 5.41) is 0. The average Bonchev–Trinajstić information content (AvgIpc) is 2.15. The number of aryl methyl sites for hydroxylation is 1. The van der Waals surface area contributed by atoms with Gasteiger partial charge in [0, 0.05) is 18.4 Å². The van der Waals surface area contributed by atoms with Crippen LogP contribution in [0.1, 0.15) is 24.0 Å². The molecule has 0 saturated heterocycles. The zero-order valence-electron chi connectivity index (χ0n) is 8.21. The second-order valence-electron chi connectivity index (χ2n) is 3.13. The Bertz CT molecular complexity index is 368. The Kier molecular flexibility index (Phi) is 3.75. The van der Waals surface area contributed by atoms with Crippen molar-refractivity contribution in [2.24, 2.45) is 5.73 Å². The summed E-state index contributed by atoms with van der Waals surface area (Å²) in [4.78, 5) is 10.4. The molecule has 1 aromatic carbocycles. The lowest BCUT2D eigenvalue weighted by molar-refractivity contribution is -0.117. The van der Waals surface area contributed by atoms with Crippen LogP contribution in [-0.4, -0.2) is 5.91 Å². The van der Waals surface area contributed by atoms with Crippen LogP contribution in [0.4, 0.5) is 0 Å². The third-order valence-electron chi connectivity index (χ3n) is 1.78. The van der Waals surface area contributed by atoms with Gasteiger partial charge in [0.05, 0.1) is 0 Å². The molecular formula is C12H13NO. The van der Waals surface area contributed by atoms with Crippen LogP contribution in [0.25, 0.3) is 0 Å². The molecule has 0 unspecified atom stereocenters. The van der Waals surface area contributed by atoms with Gasteiger partial charge >= 0.3 is 0 Å². The van der Waals surface area contributed by atoms with Crippen molar-refractivity contribution in [3.63, 3.8) is 0 Å². The molecular weight excluding hydrogens is 174 g/mol. The van der Waals surface area contributed by atoms with E-state index in [1.165, 1.54) is 5.56 Å². The fourth-order valence-electron chi connectivity index (χ4n) is 0.987. The van der Waals surface area contributed by atoms with Crippen LogP contribution in [0.2, 0.25) is 0 Å². The van der Waals surface area contributed by atoms with Gasteiger partial charge in [-0.1, -0.05) is 29.5 Å². The summed E-state index contributed by atoms with van der Waals surface area (Å²) >= 11 is 0. The van der Waals surface area contributed by atoms with E-state index in [4.69, 9.17) is 5.73 Å². The van der Waals surface area contributed by atoms with E-state index in [-0.39, 0.29) is 5.91 Å². The predicted octanol–water partition coefficient (Wildman–Crippen LogP) is 1.61. The molecule has 0 aliphatic carbocycles. The molecule has 0 aliphatic heterocycles. The van der Waals surface area contributed by atoms with Crippen molar-refractivity contribution in [2.45, 2.75) is 19.8 Å². The molecule has 1 amide bonds. The maximum atomic E-state index is 10.4. The van der Waals surface area contributed by atoms with E-state index in [0.717, 1.165) is 5.56 Å². The van der Waals surface area contributed by atoms with Crippen molar-refractivity contribution < 1.29 is 4.79 Å². The van der Waals surface area contributed by atoms with E-state index in [2.05, 4.69) is 11.8 Å². The average molecular weight is 187 g/mol. The first-order valence-corrected chi connectivity index (χ1v) is 4.52. The minimum Gasteiger partial charge on any atom is -0.370 e. The van der Waals surface area contributed by atoms with Crippen LogP contribution < -0.4 is 5.73 Å². The standard InChI is InChI=1S/C12H13NO/c1-10-6-8-11(9-7-10)4-2-3-5-12(13)14/h6-9H,3,5H2,1H3,(H2,13,14). The minimum atomic E-state index is -0.303. The number of amides is 1. The summed E-state index contributed by atoms with van der Waals surface area (Å²) in [6.07, 6.45) is 0.863. The summed E-state index contributed by atoms with van der Waals surface area (Å²) in [5.74, 6) is 5.57. The van der Waals surface area contributed by atoms with E-state index in [0.29, 0.717) is 12.8 Å². The van der Waals surface area contributed by atoms with Crippen molar-refractivity contribution in [1.82, 2.24) is 0 Å². The molecule has 1 rings (SSSR count). The van der Waals surface area contributed by atoms with Gasteiger partial charge in [-0.05, 0) is 19.1 Å². The van der Waals surface area contributed by atoms with E-state index in [1.54, 1.807) is 0 Å². The highest BCUT2D eigenvalue weighted by molar-refractivity contribution is 5.73. The highest BCUT2D eigenvalue weighted by atomic mass is 16.1. The van der Waals surface area contributed by atoms with E-state index in [1.807, 2.05) is 31.2 Å². The van der Waals surface area contributed by atoms with Gasteiger partial charge in [-0.3, -0.25) is 4.79 Å². The first-order valence-electron chi connectivity index (χ1n) is 4.52. The Morgan fingerprint density at radius 2 is 2.00 bits per heavy atom. The summed E-state index contributed by atoms with van der Waals surface area (Å²) in [6, 6.07) is 7.95. The van der Waals surface area contributed by atoms with Gasteiger partial charge in [-0.2, -0.15) is 0 Å². The molecule has 0 fully saturated rings. The van der Waals surface area contributed by atoms with Crippen LogP contribution in [-0.2, 0) is 4.79 Å². The number of rotatable bonds is 2. The molecule has 1 aromatic rings. The Balaban J connectivity index is 2.51. The van der Waals surface area contributed by atoms with Gasteiger partial charge in [0.25, 0.3) is 0 Å². The van der Waals surface area contributed by atoms with Gasteiger partial charge in [0.15, 0.2) is 0 Å². The van der Waals surface area contributed by atoms with Gasteiger partial charge in [-0.25, -0.2) is 0 Å². The molecule has 0 atom stereocenters. The third kappa shape index (κ3) is 3.77. The van der Waals surface area contributed by atoms with E-state index < -0.39 is 0 Å². The van der Waals surface area contributed by atoms with Gasteiger partial charge in [0.1, 0.15) is 0 Å². The second kappa shape index (κ2) is 5.08. The number of hydrogen-bond donors (Lipinski definition) is 1. The Morgan fingerprint density at radius 3 is 2.57 bits per heavy atom. The summed E-state index contributed by atoms with van der Waals surface area (Å²) in [6.45, 7) is 2.03. The number of hydrogen-bond acceptors (Lipinski definition) is 1. The maximum Gasteiger partial charge on any atom is 0.218 e. The molecule has 72 valence electrons. The quantitative estimate of drug-likeness (QED) is 0.702. The van der Waals surface area contributed by atoms with E-state index >= 15 is 0 Å². The van der Waals surface area contributed by atoms with Crippen molar-refractivity contribution in [3.8, 4) is 11.8 Å². The van der Waals surface area contributed by atoms with Crippen LogP contribution in [0.5, 0.6) is 0 Å². The largest absolute Gasteiger partial charge is 0.370 e. The monoisotopic (exact) mass is 187 g/mol. The summed E-state index contributed by atoms with van der Waals surface area (Å²) in [5.41, 5.74) is 7.17. The van der Waals surface area contributed by atoms with Crippen molar-refractivity contribution >= 4 is 5.91 Å². The lowest BCUT2D eigenvalue weighted by atomic mass is 10.1. The molecule has 0 saturated carbocycles. The maximum absolute atomic E-state index is 10.4. The molecule has 0 aromatic heterocycles. The predicted molar refractivity (Wildman–Crippen MR) is 56.5 cm³/mol. The first kappa shape index (κ1) is 10.3. The highest BCUT2D eigenvalue weighted by Crippen LogP contribution is 2.01. The van der Waals surface area contributed by atoms with Gasteiger partial charge < -0.3 is 5.73 Å². The topological polar surface area (TPSA) is 43.1 Å². The number of nitrogens with two attached hydrogens (primary N) is 1. The second-order valence-corrected chi connectivity index (χ2v) is 3.13. The van der Waals surface area contributed by atoms with Crippen LogP contribution in [0.3, 0.4) is 0 Å². The molecule has 0 aliphatic rings. The summed E-state index contributed by atoms with van der Waals surface area (Å²) < 4.78 is 0. The van der Waals surface area contributed by atoms with Crippen LogP contribution in [0, 0.1) is 18.8 Å². The molecule has 0 radical (unpaired) electrons. The fraction of sp³-hybridized carbons (Fsp3) is 0.250. The van der Waals surface area contributed by atoms with Crippen molar-refractivity contribution in [1.29, 1.82) is 0 Å². The molecule has 2 N–H and O–H groups in total. The Hall–Kier alpha value is -1.75. The number of carbonyl (C=O) groups is 1. The SMILES string of the molecule is Cc1ccc(C#CCCC(N)=O)cc1. The van der Waals surface area contributed by atoms with Crippen molar-refractivity contribution in [2.75, 3.05) is 0 Å². The minimum absolute atomic E-state index is 0.303. The number of primary amides is 1. The molecule has 14 heavy (non-hydrogen) atoms.